The number of carbonyl (C=O) groups excluding carboxylic acids is 3. The summed E-state index contributed by atoms with van der Waals surface area (Å²) >= 11 is 0. The van der Waals surface area contributed by atoms with E-state index in [2.05, 4.69) is 142 Å². The number of aliphatic hydroxyl groups excluding tert-OH is 2. The number of carbonyl (C=O) groups is 4. The molecule has 1 rings (SSSR count). The normalized spacial score (nSPS) is 19.3. The first-order chi connectivity index (χ1) is 36.6. The molecule has 418 valence electrons. The molecule has 0 radical (unpaired) electrons. The molecular weight excluding hydrogens is 949 g/mol. The molecule has 0 bridgehead atoms. The van der Waals surface area contributed by atoms with Crippen LogP contribution in [-0.2, 0) is 42.9 Å². The highest BCUT2D eigenvalue weighted by Crippen LogP contribution is 2.26. The van der Waals surface area contributed by atoms with Crippen LogP contribution in [0.15, 0.2) is 146 Å². The van der Waals surface area contributed by atoms with E-state index in [0.717, 1.165) is 116 Å². The Morgan fingerprint density at radius 3 is 1.31 bits per heavy atom. The molecule has 3 N–H and O–H groups in total. The summed E-state index contributed by atoms with van der Waals surface area (Å²) in [5.74, 6) is -3.40. The van der Waals surface area contributed by atoms with Crippen molar-refractivity contribution < 1.29 is 58.2 Å². The highest BCUT2D eigenvalue weighted by Gasteiger charge is 2.50. The lowest BCUT2D eigenvalue weighted by molar-refractivity contribution is -0.301. The van der Waals surface area contributed by atoms with Gasteiger partial charge in [0.05, 0.1) is 13.0 Å². The minimum absolute atomic E-state index is 0.0183. The van der Waals surface area contributed by atoms with E-state index in [1.54, 1.807) is 6.08 Å². The van der Waals surface area contributed by atoms with E-state index in [-0.39, 0.29) is 19.3 Å². The maximum Gasteiger partial charge on any atom is 0.335 e. The molecule has 75 heavy (non-hydrogen) atoms. The molecular formula is C63H94O12. The third-order valence-electron chi connectivity index (χ3n) is 11.4. The smallest absolute Gasteiger partial charge is 0.335 e. The van der Waals surface area contributed by atoms with Gasteiger partial charge in [0.1, 0.15) is 18.8 Å². The van der Waals surface area contributed by atoms with Gasteiger partial charge >= 0.3 is 23.9 Å². The molecule has 12 nitrogen and oxygen atoms in total. The first kappa shape index (κ1) is 67.6. The standard InChI is InChI=1S/C63H94O12/c1-4-7-10-13-16-19-22-25-28-31-34-37-40-43-46-49-55(64)71-52-54(73-56(65)50-47-44-41-38-35-32-29-26-23-20-17-14-11-8-5-2)53-72-63-61(59(68)58(67)60(75-63)62(69)70)74-57(66)51-48-45-42-39-36-33-30-27-24-21-18-15-12-9-6-3/h7-12,16-21,25-30,34-35,37-38,43,46,54,58-61,63,67-68H,4-6,13-15,22-24,31-33,36,39-42,44-45,47-53H2,1-3H3,(H,69,70)/b10-7-,11-8-,12-9-,19-16-,20-17-,21-18-,28-25-,29-26-,30-27-,37-34-,38-35-,46-43-. The van der Waals surface area contributed by atoms with Crippen molar-refractivity contribution in [3.05, 3.63) is 146 Å². The van der Waals surface area contributed by atoms with Crippen LogP contribution in [0.3, 0.4) is 0 Å². The fourth-order valence-electron chi connectivity index (χ4n) is 7.27. The minimum atomic E-state index is -1.93. The molecule has 6 atom stereocenters. The summed E-state index contributed by atoms with van der Waals surface area (Å²) in [5, 5.41) is 31.4. The largest absolute Gasteiger partial charge is 0.479 e. The third kappa shape index (κ3) is 39.7. The van der Waals surface area contributed by atoms with Crippen LogP contribution in [0.2, 0.25) is 0 Å². The van der Waals surface area contributed by atoms with Gasteiger partial charge in [-0.3, -0.25) is 14.4 Å². The highest BCUT2D eigenvalue weighted by atomic mass is 16.7. The fourth-order valence-corrected chi connectivity index (χ4v) is 7.27. The van der Waals surface area contributed by atoms with E-state index < -0.39 is 73.9 Å². The summed E-state index contributed by atoms with van der Waals surface area (Å²) in [7, 11) is 0. The summed E-state index contributed by atoms with van der Waals surface area (Å²) in [6, 6.07) is 0. The third-order valence-corrected chi connectivity index (χ3v) is 11.4. The van der Waals surface area contributed by atoms with Crippen molar-refractivity contribution in [2.45, 2.75) is 212 Å². The Balaban J connectivity index is 2.82. The topological polar surface area (TPSA) is 175 Å². The van der Waals surface area contributed by atoms with Crippen LogP contribution in [-0.4, -0.2) is 89.2 Å². The Labute approximate surface area is 451 Å². The number of hydrogen-bond donors (Lipinski definition) is 3. The molecule has 0 amide bonds. The number of aliphatic carboxylic acids is 1. The molecule has 12 heteroatoms. The molecule has 1 aliphatic heterocycles. The monoisotopic (exact) mass is 1040 g/mol. The van der Waals surface area contributed by atoms with Gasteiger partial charge in [0.2, 0.25) is 0 Å². The van der Waals surface area contributed by atoms with Crippen LogP contribution in [0.25, 0.3) is 0 Å². The van der Waals surface area contributed by atoms with Gasteiger partial charge < -0.3 is 39.0 Å². The average Bonchev–Trinajstić information content (AvgIpc) is 3.39. The van der Waals surface area contributed by atoms with Gasteiger partial charge in [-0.15, -0.1) is 0 Å². The minimum Gasteiger partial charge on any atom is -0.479 e. The van der Waals surface area contributed by atoms with Gasteiger partial charge in [0, 0.05) is 12.8 Å². The number of carboxylic acids is 1. The lowest BCUT2D eigenvalue weighted by Gasteiger charge is -2.40. The Morgan fingerprint density at radius 2 is 0.840 bits per heavy atom. The second-order valence-electron chi connectivity index (χ2n) is 18.1. The number of rotatable bonds is 44. The van der Waals surface area contributed by atoms with Crippen LogP contribution in [0, 0.1) is 0 Å². The fraction of sp³-hybridized carbons (Fsp3) is 0.556. The van der Waals surface area contributed by atoms with E-state index in [0.29, 0.717) is 19.3 Å². The van der Waals surface area contributed by atoms with Crippen LogP contribution in [0.5, 0.6) is 0 Å². The summed E-state index contributed by atoms with van der Waals surface area (Å²) in [4.78, 5) is 51.0. The molecule has 1 heterocycles. The van der Waals surface area contributed by atoms with Gasteiger partial charge in [-0.05, 0) is 116 Å². The summed E-state index contributed by atoms with van der Waals surface area (Å²) in [6.45, 7) is 5.48. The van der Waals surface area contributed by atoms with Gasteiger partial charge in [0.15, 0.2) is 24.6 Å². The number of ether oxygens (including phenoxy) is 5. The molecule has 1 saturated heterocycles. The van der Waals surface area contributed by atoms with Crippen molar-refractivity contribution in [2.75, 3.05) is 13.2 Å². The quantitative estimate of drug-likeness (QED) is 0.0228. The van der Waals surface area contributed by atoms with Gasteiger partial charge in [-0.25, -0.2) is 4.79 Å². The van der Waals surface area contributed by atoms with Gasteiger partial charge in [-0.2, -0.15) is 0 Å². The van der Waals surface area contributed by atoms with Crippen LogP contribution < -0.4 is 0 Å². The van der Waals surface area contributed by atoms with E-state index >= 15 is 0 Å². The van der Waals surface area contributed by atoms with E-state index in [1.165, 1.54) is 0 Å². The average molecular weight is 1040 g/mol. The lowest BCUT2D eigenvalue weighted by Crippen LogP contribution is -2.61. The maximum atomic E-state index is 13.1. The van der Waals surface area contributed by atoms with E-state index in [4.69, 9.17) is 23.7 Å². The Kier molecular flexibility index (Phi) is 44.6. The number of hydrogen-bond acceptors (Lipinski definition) is 11. The van der Waals surface area contributed by atoms with Gasteiger partial charge in [-0.1, -0.05) is 186 Å². The molecule has 0 aromatic heterocycles. The van der Waals surface area contributed by atoms with Crippen molar-refractivity contribution >= 4 is 23.9 Å². The number of esters is 3. The predicted octanol–water partition coefficient (Wildman–Crippen LogP) is 14.0. The molecule has 0 spiro atoms. The van der Waals surface area contributed by atoms with Crippen LogP contribution >= 0.6 is 0 Å². The highest BCUT2D eigenvalue weighted by molar-refractivity contribution is 5.74. The van der Waals surface area contributed by atoms with Crippen molar-refractivity contribution in [1.82, 2.24) is 0 Å². The molecule has 0 aliphatic carbocycles. The van der Waals surface area contributed by atoms with Gasteiger partial charge in [0.25, 0.3) is 0 Å². The van der Waals surface area contributed by atoms with Crippen LogP contribution in [0.1, 0.15) is 175 Å². The Morgan fingerprint density at radius 1 is 0.453 bits per heavy atom. The number of aliphatic hydroxyl groups is 2. The molecule has 1 aliphatic rings. The SMILES string of the molecule is CC/C=C\C/C=C\C/C=C\C/C=C\C/C=C\CC(=O)OCC(COC1OC(C(=O)O)C(O)C(O)C1OC(=O)CCCCCCC/C=C\C/C=C\C/C=C\CC)OC(=O)CCCC/C=C\C/C=C\C/C=C\C/C=C\CC. The van der Waals surface area contributed by atoms with Crippen molar-refractivity contribution in [3.8, 4) is 0 Å². The van der Waals surface area contributed by atoms with E-state index in [1.807, 2.05) is 18.2 Å². The molecule has 6 unspecified atom stereocenters. The summed E-state index contributed by atoms with van der Waals surface area (Å²) < 4.78 is 28.2. The van der Waals surface area contributed by atoms with Crippen molar-refractivity contribution in [2.24, 2.45) is 0 Å². The first-order valence-corrected chi connectivity index (χ1v) is 27.8. The lowest BCUT2D eigenvalue weighted by atomic mass is 9.98. The second-order valence-corrected chi connectivity index (χ2v) is 18.1. The summed E-state index contributed by atoms with van der Waals surface area (Å²) in [6.07, 6.45) is 58.5. The zero-order valence-electron chi connectivity index (χ0n) is 45.7. The molecule has 0 aromatic rings. The zero-order valence-corrected chi connectivity index (χ0v) is 45.7. The number of allylic oxidation sites excluding steroid dienone is 23. The molecule has 1 fully saturated rings. The molecule has 0 saturated carbocycles. The molecule has 0 aromatic carbocycles. The first-order valence-electron chi connectivity index (χ1n) is 27.8. The predicted molar refractivity (Wildman–Crippen MR) is 302 cm³/mol. The van der Waals surface area contributed by atoms with Crippen LogP contribution in [0.4, 0.5) is 0 Å². The van der Waals surface area contributed by atoms with Crippen molar-refractivity contribution in [1.29, 1.82) is 0 Å². The number of unbranched alkanes of at least 4 members (excludes halogenated alkanes) is 7. The Bertz CT molecular complexity index is 1860. The Hall–Kier alpha value is -5.40. The van der Waals surface area contributed by atoms with E-state index in [9.17, 15) is 34.5 Å². The zero-order chi connectivity index (χ0) is 54.7. The summed E-state index contributed by atoms with van der Waals surface area (Å²) in [5.41, 5.74) is 0. The number of carboxylic acid groups (broad SMARTS) is 1. The maximum absolute atomic E-state index is 13.1. The van der Waals surface area contributed by atoms with Crippen molar-refractivity contribution in [3.63, 3.8) is 0 Å². The second kappa shape index (κ2) is 49.5.